The van der Waals surface area contributed by atoms with Gasteiger partial charge in [-0.2, -0.15) is 0 Å². The highest BCUT2D eigenvalue weighted by Gasteiger charge is 2.05. The van der Waals surface area contributed by atoms with E-state index >= 15 is 0 Å². The maximum absolute atomic E-state index is 11.3. The van der Waals surface area contributed by atoms with Crippen molar-refractivity contribution >= 4 is 5.91 Å². The van der Waals surface area contributed by atoms with Gasteiger partial charge in [-0.05, 0) is 32.9 Å². The number of nitrogens with one attached hydrogen (secondary N) is 1. The molecule has 0 aliphatic rings. The van der Waals surface area contributed by atoms with Gasteiger partial charge < -0.3 is 10.2 Å². The number of carbonyl (C=O) groups excluding carboxylic acids is 1. The van der Waals surface area contributed by atoms with Crippen molar-refractivity contribution in [3.05, 3.63) is 0 Å². The van der Waals surface area contributed by atoms with Crippen LogP contribution >= 0.6 is 0 Å². The van der Waals surface area contributed by atoms with Gasteiger partial charge in [0.25, 0.3) is 0 Å². The van der Waals surface area contributed by atoms with E-state index in [-0.39, 0.29) is 5.91 Å². The van der Waals surface area contributed by atoms with Crippen LogP contribution in [0.5, 0.6) is 0 Å². The summed E-state index contributed by atoms with van der Waals surface area (Å²) in [6.07, 6.45) is 3.86. The molecule has 0 rings (SSSR count). The minimum absolute atomic E-state index is 0.270. The molecule has 0 aliphatic heterocycles. The molecule has 13 heavy (non-hydrogen) atoms. The second-order valence-corrected chi connectivity index (χ2v) is 3.38. The standard InChI is InChI=1S/C10H22N2O/c1-4-7-10(13)12(3)9-6-5-8-11-2/h11H,4-9H2,1-3H3. The Morgan fingerprint density at radius 1 is 1.38 bits per heavy atom. The fraction of sp³-hybridized carbons (Fsp3) is 0.900. The third-order valence-corrected chi connectivity index (χ3v) is 2.06. The number of hydrogen-bond donors (Lipinski definition) is 1. The molecule has 0 heterocycles. The zero-order chi connectivity index (χ0) is 10.1. The second-order valence-electron chi connectivity index (χ2n) is 3.38. The van der Waals surface area contributed by atoms with E-state index in [9.17, 15) is 4.79 Å². The highest BCUT2D eigenvalue weighted by molar-refractivity contribution is 5.75. The molecule has 0 radical (unpaired) electrons. The molecule has 0 aromatic rings. The lowest BCUT2D eigenvalue weighted by atomic mass is 10.2. The summed E-state index contributed by atoms with van der Waals surface area (Å²) in [5.74, 6) is 0.270. The van der Waals surface area contributed by atoms with Crippen molar-refractivity contribution in [2.45, 2.75) is 32.6 Å². The Labute approximate surface area is 81.5 Å². The Bertz CT molecular complexity index is 137. The van der Waals surface area contributed by atoms with Crippen molar-refractivity contribution in [2.75, 3.05) is 27.2 Å². The smallest absolute Gasteiger partial charge is 0.222 e. The number of rotatable bonds is 7. The highest BCUT2D eigenvalue weighted by Crippen LogP contribution is 1.97. The normalized spacial score (nSPS) is 10.1. The van der Waals surface area contributed by atoms with Crippen LogP contribution in [0.3, 0.4) is 0 Å². The quantitative estimate of drug-likeness (QED) is 0.607. The zero-order valence-electron chi connectivity index (χ0n) is 9.10. The molecule has 0 aromatic heterocycles. The molecule has 0 aliphatic carbocycles. The minimum atomic E-state index is 0.270. The molecule has 0 saturated carbocycles. The van der Waals surface area contributed by atoms with Gasteiger partial charge in [0, 0.05) is 20.0 Å². The molecule has 0 aromatic carbocycles. The number of nitrogens with zero attached hydrogens (tertiary/aromatic N) is 1. The van der Waals surface area contributed by atoms with Crippen LogP contribution in [0.1, 0.15) is 32.6 Å². The van der Waals surface area contributed by atoms with E-state index in [1.165, 1.54) is 0 Å². The Morgan fingerprint density at radius 3 is 2.62 bits per heavy atom. The van der Waals surface area contributed by atoms with Crippen LogP contribution in [0.4, 0.5) is 0 Å². The van der Waals surface area contributed by atoms with Crippen molar-refractivity contribution < 1.29 is 4.79 Å². The largest absolute Gasteiger partial charge is 0.346 e. The van der Waals surface area contributed by atoms with Crippen LogP contribution in [0.2, 0.25) is 0 Å². The lowest BCUT2D eigenvalue weighted by molar-refractivity contribution is -0.129. The lowest BCUT2D eigenvalue weighted by Crippen LogP contribution is -2.27. The summed E-state index contributed by atoms with van der Waals surface area (Å²) in [5.41, 5.74) is 0. The third kappa shape index (κ3) is 6.58. The molecule has 3 heteroatoms. The van der Waals surface area contributed by atoms with E-state index < -0.39 is 0 Å². The molecule has 0 spiro atoms. The van der Waals surface area contributed by atoms with Crippen molar-refractivity contribution in [2.24, 2.45) is 0 Å². The van der Waals surface area contributed by atoms with Crippen molar-refractivity contribution in [3.8, 4) is 0 Å². The van der Waals surface area contributed by atoms with E-state index in [4.69, 9.17) is 0 Å². The van der Waals surface area contributed by atoms with Crippen LogP contribution in [0.25, 0.3) is 0 Å². The predicted molar refractivity (Wildman–Crippen MR) is 55.7 cm³/mol. The molecule has 1 amide bonds. The molecular formula is C10H22N2O. The molecule has 0 saturated heterocycles. The predicted octanol–water partition coefficient (Wildman–Crippen LogP) is 1.24. The van der Waals surface area contributed by atoms with Crippen LogP contribution in [0.15, 0.2) is 0 Å². The van der Waals surface area contributed by atoms with Gasteiger partial charge in [-0.25, -0.2) is 0 Å². The summed E-state index contributed by atoms with van der Waals surface area (Å²) < 4.78 is 0. The van der Waals surface area contributed by atoms with Crippen molar-refractivity contribution in [1.82, 2.24) is 10.2 Å². The van der Waals surface area contributed by atoms with Crippen LogP contribution < -0.4 is 5.32 Å². The fourth-order valence-electron chi connectivity index (χ4n) is 1.18. The second kappa shape index (κ2) is 8.05. The Hall–Kier alpha value is -0.570. The molecule has 0 bridgehead atoms. The van der Waals surface area contributed by atoms with Crippen LogP contribution in [0, 0.1) is 0 Å². The Balaban J connectivity index is 3.38. The lowest BCUT2D eigenvalue weighted by Gasteiger charge is -2.16. The minimum Gasteiger partial charge on any atom is -0.346 e. The van der Waals surface area contributed by atoms with Gasteiger partial charge >= 0.3 is 0 Å². The molecule has 78 valence electrons. The summed E-state index contributed by atoms with van der Waals surface area (Å²) in [6.45, 7) is 3.96. The third-order valence-electron chi connectivity index (χ3n) is 2.06. The zero-order valence-corrected chi connectivity index (χ0v) is 9.10. The van der Waals surface area contributed by atoms with Crippen LogP contribution in [-0.4, -0.2) is 38.0 Å². The number of hydrogen-bond acceptors (Lipinski definition) is 2. The first kappa shape index (κ1) is 12.4. The van der Waals surface area contributed by atoms with Crippen molar-refractivity contribution in [3.63, 3.8) is 0 Å². The molecule has 0 unspecified atom stereocenters. The SMILES string of the molecule is CCCC(=O)N(C)CCCCNC. The first-order valence-electron chi connectivity index (χ1n) is 5.11. The summed E-state index contributed by atoms with van der Waals surface area (Å²) in [4.78, 5) is 13.1. The van der Waals surface area contributed by atoms with E-state index in [1.807, 2.05) is 25.9 Å². The molecule has 0 fully saturated rings. The van der Waals surface area contributed by atoms with Gasteiger partial charge in [0.2, 0.25) is 5.91 Å². The van der Waals surface area contributed by atoms with Gasteiger partial charge in [-0.3, -0.25) is 4.79 Å². The first-order chi connectivity index (χ1) is 6.22. The van der Waals surface area contributed by atoms with E-state index in [1.54, 1.807) is 0 Å². The topological polar surface area (TPSA) is 32.3 Å². The summed E-state index contributed by atoms with van der Waals surface area (Å²) >= 11 is 0. The number of amides is 1. The highest BCUT2D eigenvalue weighted by atomic mass is 16.2. The average molecular weight is 186 g/mol. The average Bonchev–Trinajstić information content (AvgIpc) is 2.12. The Kier molecular flexibility index (Phi) is 7.69. The van der Waals surface area contributed by atoms with Gasteiger partial charge in [0.05, 0.1) is 0 Å². The van der Waals surface area contributed by atoms with Gasteiger partial charge in [-0.1, -0.05) is 6.92 Å². The monoisotopic (exact) mass is 186 g/mol. The maximum Gasteiger partial charge on any atom is 0.222 e. The molecule has 3 nitrogen and oxygen atoms in total. The van der Waals surface area contributed by atoms with Crippen LogP contribution in [-0.2, 0) is 4.79 Å². The molecule has 0 atom stereocenters. The van der Waals surface area contributed by atoms with E-state index in [2.05, 4.69) is 5.32 Å². The number of unbranched alkanes of at least 4 members (excludes halogenated alkanes) is 1. The van der Waals surface area contributed by atoms with E-state index in [0.717, 1.165) is 32.4 Å². The fourth-order valence-corrected chi connectivity index (χ4v) is 1.18. The van der Waals surface area contributed by atoms with Gasteiger partial charge in [-0.15, -0.1) is 0 Å². The summed E-state index contributed by atoms with van der Waals surface area (Å²) in [7, 11) is 3.84. The van der Waals surface area contributed by atoms with Gasteiger partial charge in [0.1, 0.15) is 0 Å². The summed E-state index contributed by atoms with van der Waals surface area (Å²) in [5, 5.41) is 3.09. The summed E-state index contributed by atoms with van der Waals surface area (Å²) in [6, 6.07) is 0. The van der Waals surface area contributed by atoms with E-state index in [0.29, 0.717) is 6.42 Å². The van der Waals surface area contributed by atoms with Crippen molar-refractivity contribution in [1.29, 1.82) is 0 Å². The molecule has 1 N–H and O–H groups in total. The number of carbonyl (C=O) groups is 1. The van der Waals surface area contributed by atoms with Gasteiger partial charge in [0.15, 0.2) is 0 Å². The Morgan fingerprint density at radius 2 is 2.08 bits per heavy atom. The maximum atomic E-state index is 11.3. The first-order valence-corrected chi connectivity index (χ1v) is 5.11. The molecular weight excluding hydrogens is 164 g/mol.